The first kappa shape index (κ1) is 20.7. The molecule has 0 atom stereocenters. The number of hydrogen-bond acceptors (Lipinski definition) is 6. The molecule has 0 unspecified atom stereocenters. The van der Waals surface area contributed by atoms with Gasteiger partial charge in [-0.2, -0.15) is 5.10 Å². The summed E-state index contributed by atoms with van der Waals surface area (Å²) in [5, 5.41) is 7.93. The monoisotopic (exact) mass is 440 g/mol. The normalized spacial score (nSPS) is 12.3. The van der Waals surface area contributed by atoms with E-state index < -0.39 is 5.97 Å². The van der Waals surface area contributed by atoms with E-state index in [2.05, 4.69) is 15.2 Å². The maximum Gasteiger partial charge on any atom is 0.343 e. The lowest BCUT2D eigenvalue weighted by Gasteiger charge is -2.23. The molecule has 2 aromatic carbocycles. The van der Waals surface area contributed by atoms with Crippen LogP contribution in [0.5, 0.6) is 5.75 Å². The van der Waals surface area contributed by atoms with Crippen LogP contribution >= 0.6 is 11.6 Å². The van der Waals surface area contributed by atoms with Crippen molar-refractivity contribution in [3.05, 3.63) is 64.3 Å². The van der Waals surface area contributed by atoms with Gasteiger partial charge in [-0.05, 0) is 42.8 Å². The van der Waals surface area contributed by atoms with E-state index in [4.69, 9.17) is 16.3 Å². The zero-order valence-electron chi connectivity index (χ0n) is 17.3. The Kier molecular flexibility index (Phi) is 5.56. The van der Waals surface area contributed by atoms with Gasteiger partial charge in [0.1, 0.15) is 11.6 Å². The highest BCUT2D eigenvalue weighted by Crippen LogP contribution is 2.37. The lowest BCUT2D eigenvalue weighted by molar-refractivity contribution is -0.142. The van der Waals surface area contributed by atoms with Crippen LogP contribution in [0.2, 0.25) is 5.02 Å². The van der Waals surface area contributed by atoms with Crippen molar-refractivity contribution >= 4 is 40.7 Å². The van der Waals surface area contributed by atoms with E-state index in [1.54, 1.807) is 27.9 Å². The molecule has 0 saturated heterocycles. The molecule has 1 N–H and O–H groups in total. The number of carbonyl (C=O) groups excluding carboxylic acids is 2. The maximum absolute atomic E-state index is 13.5. The van der Waals surface area contributed by atoms with Gasteiger partial charge in [0.15, 0.2) is 6.61 Å². The van der Waals surface area contributed by atoms with Crippen molar-refractivity contribution in [3.8, 4) is 5.75 Å². The Hall–Kier alpha value is -3.52. The van der Waals surface area contributed by atoms with E-state index in [0.717, 1.165) is 28.3 Å². The predicted molar refractivity (Wildman–Crippen MR) is 117 cm³/mol. The number of halogens is 1. The summed E-state index contributed by atoms with van der Waals surface area (Å²) in [7, 11) is 3.13. The molecule has 160 valence electrons. The molecule has 1 aliphatic rings. The Morgan fingerprint density at radius 2 is 2.03 bits per heavy atom. The highest BCUT2D eigenvalue weighted by molar-refractivity contribution is 6.34. The molecule has 0 bridgehead atoms. The zero-order chi connectivity index (χ0) is 22.1. The third-order valence-electron chi connectivity index (χ3n) is 5.04. The fourth-order valence-electron chi connectivity index (χ4n) is 3.42. The van der Waals surface area contributed by atoms with Gasteiger partial charge in [0.05, 0.1) is 41.8 Å². The molecule has 1 aromatic heterocycles. The fraction of sp³-hybridized carbons (Fsp3) is 0.227. The maximum atomic E-state index is 13.5. The number of rotatable bonds is 4. The molecule has 1 amide bonds. The first-order chi connectivity index (χ1) is 14.9. The Labute approximate surface area is 184 Å². The number of anilines is 3. The Morgan fingerprint density at radius 3 is 2.77 bits per heavy atom. The molecular formula is C22H21ClN4O4. The second kappa shape index (κ2) is 8.31. The molecule has 1 aliphatic heterocycles. The Bertz CT molecular complexity index is 1170. The summed E-state index contributed by atoms with van der Waals surface area (Å²) in [6.45, 7) is 2.09. The standard InChI is InChI=1S/C22H21ClN4O4/c1-13-4-7-19-18(8-13)25-21-14(10-24-26(21)2)11-27(19)22(29)16-6-5-15(9-17(16)23)31-12-20(28)30-3/h4-10,25H,11-12H2,1-3H3. The minimum Gasteiger partial charge on any atom is -0.482 e. The second-order valence-corrected chi connectivity index (χ2v) is 7.59. The lowest BCUT2D eigenvalue weighted by Crippen LogP contribution is -2.30. The van der Waals surface area contributed by atoms with Crippen LogP contribution in [0.1, 0.15) is 21.5 Å². The SMILES string of the molecule is COC(=O)COc1ccc(C(=O)N2Cc3cnn(C)c3Nc3cc(C)ccc32)c(Cl)c1. The van der Waals surface area contributed by atoms with Crippen LogP contribution in [-0.2, 0) is 23.1 Å². The van der Waals surface area contributed by atoms with Gasteiger partial charge in [0.2, 0.25) is 0 Å². The largest absolute Gasteiger partial charge is 0.482 e. The fourth-order valence-corrected chi connectivity index (χ4v) is 3.67. The quantitative estimate of drug-likeness (QED) is 0.620. The first-order valence-electron chi connectivity index (χ1n) is 9.57. The number of aryl methyl sites for hydroxylation is 2. The van der Waals surface area contributed by atoms with Crippen LogP contribution < -0.4 is 15.0 Å². The Balaban J connectivity index is 1.68. The number of methoxy groups -OCH3 is 1. The third kappa shape index (κ3) is 4.06. The van der Waals surface area contributed by atoms with Crippen LogP contribution in [0.15, 0.2) is 42.6 Å². The number of fused-ring (bicyclic) bond motifs is 2. The number of amides is 1. The molecule has 3 aromatic rings. The highest BCUT2D eigenvalue weighted by Gasteiger charge is 2.28. The van der Waals surface area contributed by atoms with Crippen molar-refractivity contribution in [1.82, 2.24) is 9.78 Å². The number of hydrogen-bond donors (Lipinski definition) is 1. The van der Waals surface area contributed by atoms with E-state index in [9.17, 15) is 9.59 Å². The van der Waals surface area contributed by atoms with Crippen molar-refractivity contribution in [2.24, 2.45) is 7.05 Å². The number of carbonyl (C=O) groups is 2. The van der Waals surface area contributed by atoms with Crippen molar-refractivity contribution < 1.29 is 19.1 Å². The summed E-state index contributed by atoms with van der Waals surface area (Å²) < 4.78 is 11.7. The lowest BCUT2D eigenvalue weighted by atomic mass is 10.1. The van der Waals surface area contributed by atoms with Crippen LogP contribution in [0.3, 0.4) is 0 Å². The van der Waals surface area contributed by atoms with Gasteiger partial charge in [-0.15, -0.1) is 0 Å². The second-order valence-electron chi connectivity index (χ2n) is 7.19. The number of aromatic nitrogens is 2. The molecule has 0 aliphatic carbocycles. The van der Waals surface area contributed by atoms with E-state index in [-0.39, 0.29) is 17.5 Å². The third-order valence-corrected chi connectivity index (χ3v) is 5.35. The minimum atomic E-state index is -0.507. The summed E-state index contributed by atoms with van der Waals surface area (Å²) in [6, 6.07) is 10.6. The van der Waals surface area contributed by atoms with Crippen LogP contribution in [0.25, 0.3) is 0 Å². The molecule has 0 saturated carbocycles. The average molecular weight is 441 g/mol. The van der Waals surface area contributed by atoms with Crippen molar-refractivity contribution in [2.75, 3.05) is 23.9 Å². The number of benzene rings is 2. The predicted octanol–water partition coefficient (Wildman–Crippen LogP) is 3.84. The average Bonchev–Trinajstić information content (AvgIpc) is 3.00. The number of nitrogens with zero attached hydrogens (tertiary/aromatic N) is 3. The summed E-state index contributed by atoms with van der Waals surface area (Å²) in [4.78, 5) is 26.5. The zero-order valence-corrected chi connectivity index (χ0v) is 18.1. The van der Waals surface area contributed by atoms with Crippen LogP contribution in [-0.4, -0.2) is 35.4 Å². The molecule has 0 radical (unpaired) electrons. The van der Waals surface area contributed by atoms with Crippen molar-refractivity contribution in [1.29, 1.82) is 0 Å². The van der Waals surface area contributed by atoms with Gasteiger partial charge in [-0.25, -0.2) is 4.79 Å². The van der Waals surface area contributed by atoms with Crippen LogP contribution in [0, 0.1) is 6.92 Å². The van der Waals surface area contributed by atoms with E-state index >= 15 is 0 Å². The van der Waals surface area contributed by atoms with Gasteiger partial charge in [-0.3, -0.25) is 9.48 Å². The first-order valence-corrected chi connectivity index (χ1v) is 9.94. The molecule has 0 spiro atoms. The van der Waals surface area contributed by atoms with E-state index in [0.29, 0.717) is 17.9 Å². The molecule has 0 fully saturated rings. The number of ether oxygens (including phenoxy) is 2. The van der Waals surface area contributed by atoms with E-state index in [1.165, 1.54) is 13.2 Å². The molecule has 9 heteroatoms. The van der Waals surface area contributed by atoms with Gasteiger partial charge >= 0.3 is 5.97 Å². The summed E-state index contributed by atoms with van der Waals surface area (Å²) in [5.41, 5.74) is 3.83. The van der Waals surface area contributed by atoms with Gasteiger partial charge in [0.25, 0.3) is 5.91 Å². The molecule has 2 heterocycles. The molecule has 4 rings (SSSR count). The number of esters is 1. The number of nitrogens with one attached hydrogen (secondary N) is 1. The van der Waals surface area contributed by atoms with Gasteiger partial charge in [0, 0.05) is 12.6 Å². The smallest absolute Gasteiger partial charge is 0.343 e. The summed E-state index contributed by atoms with van der Waals surface area (Å²) >= 11 is 6.41. The topological polar surface area (TPSA) is 85.7 Å². The van der Waals surface area contributed by atoms with Crippen LogP contribution in [0.4, 0.5) is 17.2 Å². The highest BCUT2D eigenvalue weighted by atomic mass is 35.5. The van der Waals surface area contributed by atoms with Gasteiger partial charge < -0.3 is 19.7 Å². The van der Waals surface area contributed by atoms with Crippen molar-refractivity contribution in [3.63, 3.8) is 0 Å². The summed E-state index contributed by atoms with van der Waals surface area (Å²) in [5.74, 6) is 0.440. The molecule has 31 heavy (non-hydrogen) atoms. The minimum absolute atomic E-state index is 0.227. The molecule has 8 nitrogen and oxygen atoms in total. The Morgan fingerprint density at radius 1 is 1.23 bits per heavy atom. The van der Waals surface area contributed by atoms with E-state index in [1.807, 2.05) is 32.2 Å². The molecular weight excluding hydrogens is 420 g/mol. The van der Waals surface area contributed by atoms with Crippen molar-refractivity contribution in [2.45, 2.75) is 13.5 Å². The van der Waals surface area contributed by atoms with Gasteiger partial charge in [-0.1, -0.05) is 17.7 Å². The summed E-state index contributed by atoms with van der Waals surface area (Å²) in [6.07, 6.45) is 1.74.